The predicted molar refractivity (Wildman–Crippen MR) is 133 cm³/mol. The maximum Gasteiger partial charge on any atom is 0.351 e. The fraction of sp³-hybridized carbons (Fsp3) is 0.143. The molecule has 3 aromatic carbocycles. The lowest BCUT2D eigenvalue weighted by atomic mass is 9.85. The number of benzene rings is 3. The number of rotatable bonds is 7. The first kappa shape index (κ1) is 22.3. The van der Waals surface area contributed by atoms with Gasteiger partial charge in [-0.1, -0.05) is 30.3 Å². The lowest BCUT2D eigenvalue weighted by molar-refractivity contribution is 0.0971. The van der Waals surface area contributed by atoms with E-state index in [9.17, 15) is 14.7 Å². The number of hydrogen-bond acceptors (Lipinski definition) is 6. The van der Waals surface area contributed by atoms with E-state index < -0.39 is 17.3 Å². The molecule has 0 amide bonds. The number of aromatic nitrogens is 1. The van der Waals surface area contributed by atoms with Crippen LogP contribution in [0.25, 0.3) is 21.9 Å². The number of fused-ring (bicyclic) bond motifs is 2. The van der Waals surface area contributed by atoms with E-state index >= 15 is 0 Å². The molecule has 0 saturated carbocycles. The van der Waals surface area contributed by atoms with Gasteiger partial charge in [0.15, 0.2) is 5.78 Å². The Morgan fingerprint density at radius 1 is 0.971 bits per heavy atom. The zero-order valence-corrected chi connectivity index (χ0v) is 19.2. The van der Waals surface area contributed by atoms with Crippen molar-refractivity contribution in [1.29, 1.82) is 0 Å². The standard InChI is InChI=1S/C28H23NO6/c1-33-16-11-12-24(34-2)20(13-16)19(21-15-29-22-9-5-3-7-17(21)22)14-23(30)26-27(31)18-8-4-6-10-25(18)35-28(26)32/h3-13,15,19,29,31H,14H2,1-2H3. The topological polar surface area (TPSA) is 102 Å². The SMILES string of the molecule is COc1ccc(OC)c(C(CC(=O)c2c(O)c3ccccc3oc2=O)c2c[nH]c3ccccc23)c1. The number of carbonyl (C=O) groups excluding carboxylic acids is 1. The first-order chi connectivity index (χ1) is 17.0. The van der Waals surface area contributed by atoms with E-state index in [0.29, 0.717) is 16.9 Å². The monoisotopic (exact) mass is 469 g/mol. The number of ketones is 1. The van der Waals surface area contributed by atoms with E-state index in [4.69, 9.17) is 13.9 Å². The van der Waals surface area contributed by atoms with E-state index in [1.807, 2.05) is 36.5 Å². The lowest BCUT2D eigenvalue weighted by Gasteiger charge is -2.20. The summed E-state index contributed by atoms with van der Waals surface area (Å²) in [7, 11) is 3.12. The van der Waals surface area contributed by atoms with Crippen LogP contribution in [-0.4, -0.2) is 30.1 Å². The van der Waals surface area contributed by atoms with E-state index in [0.717, 1.165) is 22.0 Å². The zero-order chi connectivity index (χ0) is 24.5. The highest BCUT2D eigenvalue weighted by Crippen LogP contribution is 2.41. The van der Waals surface area contributed by atoms with Gasteiger partial charge in [0.1, 0.15) is 28.4 Å². The number of aromatic hydroxyl groups is 1. The molecule has 0 aliphatic rings. The minimum Gasteiger partial charge on any atom is -0.506 e. The van der Waals surface area contributed by atoms with E-state index in [2.05, 4.69) is 4.98 Å². The second-order valence-electron chi connectivity index (χ2n) is 8.19. The number of nitrogens with one attached hydrogen (secondary N) is 1. The Labute approximate surface area is 200 Å². The third-order valence-electron chi connectivity index (χ3n) is 6.26. The van der Waals surface area contributed by atoms with Crippen LogP contribution < -0.4 is 15.1 Å². The van der Waals surface area contributed by atoms with Gasteiger partial charge in [-0.2, -0.15) is 0 Å². The molecule has 2 aromatic heterocycles. The molecule has 2 N–H and O–H groups in total. The molecule has 0 bridgehead atoms. The summed E-state index contributed by atoms with van der Waals surface area (Å²) >= 11 is 0. The lowest BCUT2D eigenvalue weighted by Crippen LogP contribution is -2.18. The van der Waals surface area contributed by atoms with Gasteiger partial charge >= 0.3 is 5.63 Å². The molecule has 176 valence electrons. The zero-order valence-electron chi connectivity index (χ0n) is 19.2. The smallest absolute Gasteiger partial charge is 0.351 e. The number of ether oxygens (including phenoxy) is 2. The van der Waals surface area contributed by atoms with Gasteiger partial charge in [-0.25, -0.2) is 4.79 Å². The molecule has 1 unspecified atom stereocenters. The van der Waals surface area contributed by atoms with E-state index in [1.165, 1.54) is 0 Å². The van der Waals surface area contributed by atoms with Gasteiger partial charge in [-0.3, -0.25) is 4.79 Å². The normalized spacial score (nSPS) is 12.1. The molecule has 0 fully saturated rings. The Morgan fingerprint density at radius 2 is 1.71 bits per heavy atom. The van der Waals surface area contributed by atoms with Crippen molar-refractivity contribution in [3.8, 4) is 17.2 Å². The quantitative estimate of drug-likeness (QED) is 0.244. The number of aromatic amines is 1. The molecule has 0 aliphatic carbocycles. The molecule has 5 rings (SSSR count). The predicted octanol–water partition coefficient (Wildman–Crippen LogP) is 5.40. The fourth-order valence-corrected chi connectivity index (χ4v) is 4.55. The average Bonchev–Trinajstić information content (AvgIpc) is 3.31. The summed E-state index contributed by atoms with van der Waals surface area (Å²) in [5, 5.41) is 12.1. The highest BCUT2D eigenvalue weighted by Gasteiger charge is 2.29. The Morgan fingerprint density at radius 3 is 2.49 bits per heavy atom. The Balaban J connectivity index is 1.67. The Kier molecular flexibility index (Phi) is 5.74. The molecule has 5 aromatic rings. The number of hydrogen-bond donors (Lipinski definition) is 2. The summed E-state index contributed by atoms with van der Waals surface area (Å²) in [5.74, 6) is -0.247. The van der Waals surface area contributed by atoms with Gasteiger partial charge in [0.05, 0.1) is 19.6 Å². The van der Waals surface area contributed by atoms with Crippen molar-refractivity contribution >= 4 is 27.7 Å². The van der Waals surface area contributed by atoms with E-state index in [1.54, 1.807) is 50.6 Å². The van der Waals surface area contributed by atoms with Crippen molar-refractivity contribution in [2.45, 2.75) is 12.3 Å². The Hall–Kier alpha value is -4.52. The van der Waals surface area contributed by atoms with E-state index in [-0.39, 0.29) is 23.3 Å². The van der Waals surface area contributed by atoms with Crippen LogP contribution in [-0.2, 0) is 0 Å². The largest absolute Gasteiger partial charge is 0.506 e. The third-order valence-corrected chi connectivity index (χ3v) is 6.26. The molecular formula is C28H23NO6. The minimum absolute atomic E-state index is 0.109. The van der Waals surface area contributed by atoms with Crippen molar-refractivity contribution in [1.82, 2.24) is 4.98 Å². The second kappa shape index (κ2) is 9.02. The molecule has 1 atom stereocenters. The maximum absolute atomic E-state index is 13.6. The molecule has 0 aliphatic heterocycles. The van der Waals surface area contributed by atoms with Crippen molar-refractivity contribution in [3.63, 3.8) is 0 Å². The maximum atomic E-state index is 13.6. The highest BCUT2D eigenvalue weighted by molar-refractivity contribution is 6.03. The summed E-state index contributed by atoms with van der Waals surface area (Å²) in [6.07, 6.45) is 1.74. The molecule has 2 heterocycles. The van der Waals surface area contributed by atoms with Crippen LogP contribution in [0.4, 0.5) is 0 Å². The second-order valence-corrected chi connectivity index (χ2v) is 8.19. The number of Topliss-reactive ketones (excluding diaryl/α,β-unsaturated/α-hetero) is 1. The summed E-state index contributed by atoms with van der Waals surface area (Å²) in [5.41, 5.74) is 1.46. The number of H-pyrrole nitrogens is 1. The number of para-hydroxylation sites is 2. The van der Waals surface area contributed by atoms with Gasteiger partial charge in [-0.05, 0) is 42.0 Å². The fourth-order valence-electron chi connectivity index (χ4n) is 4.55. The first-order valence-corrected chi connectivity index (χ1v) is 11.1. The first-order valence-electron chi connectivity index (χ1n) is 11.1. The van der Waals surface area contributed by atoms with Crippen molar-refractivity contribution < 1.29 is 23.8 Å². The van der Waals surface area contributed by atoms with Crippen LogP contribution >= 0.6 is 0 Å². The third kappa shape index (κ3) is 3.91. The van der Waals surface area contributed by atoms with Gasteiger partial charge in [-0.15, -0.1) is 0 Å². The molecule has 7 heteroatoms. The van der Waals surface area contributed by atoms with Crippen LogP contribution in [0, 0.1) is 0 Å². The molecule has 0 saturated heterocycles. The van der Waals surface area contributed by atoms with Crippen LogP contribution in [0.2, 0.25) is 0 Å². The van der Waals surface area contributed by atoms with Crippen LogP contribution in [0.15, 0.2) is 82.1 Å². The Bertz CT molecular complexity index is 1610. The van der Waals surface area contributed by atoms with Crippen molar-refractivity contribution in [2.24, 2.45) is 0 Å². The molecule has 7 nitrogen and oxygen atoms in total. The summed E-state index contributed by atoms with van der Waals surface area (Å²) in [6, 6.07) is 19.7. The summed E-state index contributed by atoms with van der Waals surface area (Å²) < 4.78 is 16.4. The average molecular weight is 469 g/mol. The number of carbonyl (C=O) groups is 1. The molecule has 35 heavy (non-hydrogen) atoms. The van der Waals surface area contributed by atoms with Gasteiger partial charge in [0, 0.05) is 35.0 Å². The van der Waals surface area contributed by atoms with Crippen LogP contribution in [0.1, 0.15) is 33.8 Å². The van der Waals surface area contributed by atoms with Gasteiger partial charge in [0.25, 0.3) is 0 Å². The summed E-state index contributed by atoms with van der Waals surface area (Å²) in [4.78, 5) is 29.6. The highest BCUT2D eigenvalue weighted by atomic mass is 16.5. The van der Waals surface area contributed by atoms with Crippen molar-refractivity contribution in [2.75, 3.05) is 14.2 Å². The minimum atomic E-state index is -0.874. The van der Waals surface area contributed by atoms with Crippen LogP contribution in [0.5, 0.6) is 17.2 Å². The summed E-state index contributed by atoms with van der Waals surface area (Å²) in [6.45, 7) is 0. The molecular weight excluding hydrogens is 446 g/mol. The number of methoxy groups -OCH3 is 2. The molecule has 0 radical (unpaired) electrons. The van der Waals surface area contributed by atoms with Gasteiger partial charge in [0.2, 0.25) is 0 Å². The van der Waals surface area contributed by atoms with Crippen LogP contribution in [0.3, 0.4) is 0 Å². The van der Waals surface area contributed by atoms with Gasteiger partial charge < -0.3 is 24.0 Å². The molecule has 0 spiro atoms. The van der Waals surface area contributed by atoms with Crippen molar-refractivity contribution in [3.05, 3.63) is 100 Å².